The first-order valence-corrected chi connectivity index (χ1v) is 12.8. The highest BCUT2D eigenvalue weighted by Gasteiger charge is 2.27. The van der Waals surface area contributed by atoms with Gasteiger partial charge in [0.2, 0.25) is 0 Å². The molecule has 2 aromatic heterocycles. The molecule has 2 N–H and O–H groups in total. The molecule has 5 nitrogen and oxygen atoms in total. The fourth-order valence-electron chi connectivity index (χ4n) is 6.08. The average Bonchev–Trinajstić information content (AvgIpc) is 3.22. The molecule has 4 aromatic rings. The summed E-state index contributed by atoms with van der Waals surface area (Å²) in [5.41, 5.74) is 12.8. The maximum absolute atomic E-state index is 12.7. The molecule has 6 rings (SSSR count). The summed E-state index contributed by atoms with van der Waals surface area (Å²) in [5, 5.41) is 6.41. The van der Waals surface area contributed by atoms with Gasteiger partial charge >= 0.3 is 0 Å². The SMILES string of the molecule is Cc1noc(C)c1-c1cc(C(N)=O)c2c(c1)c1ccc(CCC3CCCC3)cc1n2CC1CC1. The number of nitrogens with two attached hydrogens (primary N) is 1. The van der Waals surface area contributed by atoms with Gasteiger partial charge in [0.15, 0.2) is 0 Å². The summed E-state index contributed by atoms with van der Waals surface area (Å²) in [4.78, 5) is 12.7. The van der Waals surface area contributed by atoms with E-state index in [1.54, 1.807) is 0 Å². The first-order valence-electron chi connectivity index (χ1n) is 12.8. The zero-order chi connectivity index (χ0) is 23.4. The minimum atomic E-state index is -0.389. The van der Waals surface area contributed by atoms with Crippen LogP contribution < -0.4 is 5.73 Å². The number of fused-ring (bicyclic) bond motifs is 3. The summed E-state index contributed by atoms with van der Waals surface area (Å²) in [6.07, 6.45) is 10.5. The summed E-state index contributed by atoms with van der Waals surface area (Å²) in [6, 6.07) is 11.0. The zero-order valence-corrected chi connectivity index (χ0v) is 20.2. The number of amides is 1. The molecule has 0 unspecified atom stereocenters. The number of rotatable bonds is 7. The highest BCUT2D eigenvalue weighted by molar-refractivity contribution is 6.17. The van der Waals surface area contributed by atoms with Crippen molar-refractivity contribution in [3.63, 3.8) is 0 Å². The van der Waals surface area contributed by atoms with Gasteiger partial charge in [-0.05, 0) is 80.7 Å². The third-order valence-corrected chi connectivity index (χ3v) is 8.06. The van der Waals surface area contributed by atoms with Crippen LogP contribution >= 0.6 is 0 Å². The van der Waals surface area contributed by atoms with Crippen molar-refractivity contribution in [3.8, 4) is 11.1 Å². The lowest BCUT2D eigenvalue weighted by Gasteiger charge is -2.12. The van der Waals surface area contributed by atoms with Crippen molar-refractivity contribution in [2.75, 3.05) is 0 Å². The number of aromatic nitrogens is 2. The van der Waals surface area contributed by atoms with E-state index in [9.17, 15) is 4.79 Å². The van der Waals surface area contributed by atoms with E-state index < -0.39 is 0 Å². The van der Waals surface area contributed by atoms with Crippen molar-refractivity contribution in [2.45, 2.75) is 71.8 Å². The standard InChI is InChI=1S/C29H33N3O2/c1-17-27(18(2)34-31-17)22-14-24-23-12-11-20(8-7-19-5-3-4-6-19)13-26(23)32(16-21-9-10-21)28(24)25(15-22)29(30)33/h11-15,19,21H,3-10,16H2,1-2H3,(H2,30,33). The molecule has 2 aliphatic rings. The number of hydrogen-bond donors (Lipinski definition) is 1. The van der Waals surface area contributed by atoms with Crippen LogP contribution in [0.2, 0.25) is 0 Å². The van der Waals surface area contributed by atoms with E-state index in [0.29, 0.717) is 11.5 Å². The molecule has 0 saturated heterocycles. The molecule has 0 bridgehead atoms. The van der Waals surface area contributed by atoms with Crippen molar-refractivity contribution in [3.05, 3.63) is 52.9 Å². The fourth-order valence-corrected chi connectivity index (χ4v) is 6.08. The molecule has 2 aliphatic carbocycles. The molecule has 176 valence electrons. The van der Waals surface area contributed by atoms with E-state index in [-0.39, 0.29) is 5.91 Å². The molecule has 5 heteroatoms. The number of primary amides is 1. The lowest BCUT2D eigenvalue weighted by Crippen LogP contribution is -2.14. The number of carbonyl (C=O) groups excluding carboxylic acids is 1. The zero-order valence-electron chi connectivity index (χ0n) is 20.2. The fraction of sp³-hybridized carbons (Fsp3) is 0.448. The number of benzene rings is 2. The van der Waals surface area contributed by atoms with Crippen molar-refractivity contribution in [1.29, 1.82) is 0 Å². The molecule has 0 aliphatic heterocycles. The van der Waals surface area contributed by atoms with E-state index in [1.807, 2.05) is 19.9 Å². The summed E-state index contributed by atoms with van der Waals surface area (Å²) < 4.78 is 7.80. The Labute approximate surface area is 200 Å². The summed E-state index contributed by atoms with van der Waals surface area (Å²) in [5.74, 6) is 1.93. The number of carbonyl (C=O) groups is 1. The Morgan fingerprint density at radius 1 is 1.06 bits per heavy atom. The van der Waals surface area contributed by atoms with Gasteiger partial charge in [-0.3, -0.25) is 4.79 Å². The maximum atomic E-state index is 12.7. The Bertz CT molecular complexity index is 1380. The van der Waals surface area contributed by atoms with Gasteiger partial charge in [-0.25, -0.2) is 0 Å². The second-order valence-electron chi connectivity index (χ2n) is 10.6. The minimum absolute atomic E-state index is 0.389. The number of hydrogen-bond acceptors (Lipinski definition) is 3. The molecule has 2 aromatic carbocycles. The van der Waals surface area contributed by atoms with E-state index >= 15 is 0 Å². The first-order chi connectivity index (χ1) is 16.5. The topological polar surface area (TPSA) is 74.1 Å². The van der Waals surface area contributed by atoms with E-state index in [1.165, 1.54) is 61.4 Å². The van der Waals surface area contributed by atoms with Gasteiger partial charge in [0.25, 0.3) is 5.91 Å². The van der Waals surface area contributed by atoms with E-state index in [2.05, 4.69) is 34.0 Å². The van der Waals surface area contributed by atoms with Gasteiger partial charge in [-0.1, -0.05) is 43.0 Å². The molecule has 1 amide bonds. The Kier molecular flexibility index (Phi) is 5.23. The van der Waals surface area contributed by atoms with Gasteiger partial charge in [-0.15, -0.1) is 0 Å². The Hall–Kier alpha value is -3.08. The van der Waals surface area contributed by atoms with Crippen LogP contribution in [0, 0.1) is 25.7 Å². The van der Waals surface area contributed by atoms with Crippen molar-refractivity contribution in [1.82, 2.24) is 9.72 Å². The van der Waals surface area contributed by atoms with E-state index in [4.69, 9.17) is 10.3 Å². The second kappa shape index (κ2) is 8.30. The van der Waals surface area contributed by atoms with Crippen molar-refractivity contribution in [2.24, 2.45) is 17.6 Å². The minimum Gasteiger partial charge on any atom is -0.366 e. The van der Waals surface area contributed by atoms with Gasteiger partial charge in [-0.2, -0.15) is 0 Å². The second-order valence-corrected chi connectivity index (χ2v) is 10.6. The summed E-state index contributed by atoms with van der Waals surface area (Å²) >= 11 is 0. The molecule has 34 heavy (non-hydrogen) atoms. The van der Waals surface area contributed by atoms with Gasteiger partial charge in [0.05, 0.1) is 16.8 Å². The van der Waals surface area contributed by atoms with E-state index in [0.717, 1.165) is 52.4 Å². The Morgan fingerprint density at radius 2 is 1.85 bits per heavy atom. The first kappa shape index (κ1) is 21.5. The monoisotopic (exact) mass is 455 g/mol. The van der Waals surface area contributed by atoms with Crippen molar-refractivity contribution < 1.29 is 9.32 Å². The molecular weight excluding hydrogens is 422 g/mol. The van der Waals surface area contributed by atoms with Gasteiger partial charge in [0.1, 0.15) is 5.76 Å². The molecule has 2 heterocycles. The third-order valence-electron chi connectivity index (χ3n) is 8.06. The smallest absolute Gasteiger partial charge is 0.250 e. The van der Waals surface area contributed by atoms with Gasteiger partial charge < -0.3 is 14.8 Å². The summed E-state index contributed by atoms with van der Waals surface area (Å²) in [7, 11) is 0. The van der Waals surface area contributed by atoms with Crippen LogP contribution in [-0.4, -0.2) is 15.6 Å². The maximum Gasteiger partial charge on any atom is 0.250 e. The number of nitrogens with zero attached hydrogens (tertiary/aromatic N) is 2. The Morgan fingerprint density at radius 3 is 2.53 bits per heavy atom. The predicted molar refractivity (Wildman–Crippen MR) is 136 cm³/mol. The van der Waals surface area contributed by atoms with Crippen LogP contribution in [-0.2, 0) is 13.0 Å². The molecule has 2 saturated carbocycles. The van der Waals surface area contributed by atoms with Crippen molar-refractivity contribution >= 4 is 27.7 Å². The van der Waals surface area contributed by atoms with Crippen LogP contribution in [0.4, 0.5) is 0 Å². The predicted octanol–water partition coefficient (Wildman–Crippen LogP) is 6.70. The quantitative estimate of drug-likeness (QED) is 0.337. The largest absolute Gasteiger partial charge is 0.366 e. The van der Waals surface area contributed by atoms with Crippen LogP contribution in [0.25, 0.3) is 32.9 Å². The van der Waals surface area contributed by atoms with Crippen LogP contribution in [0.3, 0.4) is 0 Å². The molecular formula is C29H33N3O2. The third kappa shape index (κ3) is 3.71. The highest BCUT2D eigenvalue weighted by Crippen LogP contribution is 2.40. The summed E-state index contributed by atoms with van der Waals surface area (Å²) in [6.45, 7) is 4.79. The van der Waals surface area contributed by atoms with Gasteiger partial charge in [0, 0.05) is 28.4 Å². The highest BCUT2D eigenvalue weighted by atomic mass is 16.5. The molecule has 0 spiro atoms. The molecule has 2 fully saturated rings. The number of aryl methyl sites for hydroxylation is 3. The van der Waals surface area contributed by atoms with Crippen LogP contribution in [0.1, 0.15) is 72.3 Å². The Balaban J connectivity index is 1.54. The van der Waals surface area contributed by atoms with Crippen LogP contribution in [0.5, 0.6) is 0 Å². The molecule has 0 radical (unpaired) electrons. The lowest BCUT2D eigenvalue weighted by atomic mass is 9.96. The average molecular weight is 456 g/mol. The lowest BCUT2D eigenvalue weighted by molar-refractivity contribution is 0.100. The van der Waals surface area contributed by atoms with Crippen LogP contribution in [0.15, 0.2) is 34.9 Å². The molecule has 0 atom stereocenters. The normalized spacial score (nSPS) is 16.8.